The molecular weight excluding hydrogens is 640 g/mol. The lowest BCUT2D eigenvalue weighted by molar-refractivity contribution is 0.592. The molecule has 0 aliphatic carbocycles. The van der Waals surface area contributed by atoms with Gasteiger partial charge < -0.3 is 4.57 Å². The van der Waals surface area contributed by atoms with E-state index in [1.807, 2.05) is 36.4 Å². The molecule has 0 bridgehead atoms. The Kier molecular flexibility index (Phi) is 5.94. The molecule has 0 spiro atoms. The summed E-state index contributed by atoms with van der Waals surface area (Å²) in [6, 6.07) is 61.4. The number of nitrogens with zero attached hydrogens (tertiary/aromatic N) is 2. The van der Waals surface area contributed by atoms with Crippen LogP contribution in [-0.2, 0) is 4.57 Å². The van der Waals surface area contributed by atoms with Gasteiger partial charge in [0.05, 0.1) is 16.6 Å². The van der Waals surface area contributed by atoms with E-state index >= 15 is 4.57 Å². The van der Waals surface area contributed by atoms with Gasteiger partial charge in [-0.25, -0.2) is 4.98 Å². The number of fused-ring (bicyclic) bond motifs is 14. The van der Waals surface area contributed by atoms with Gasteiger partial charge in [-0.1, -0.05) is 146 Å². The van der Waals surface area contributed by atoms with Gasteiger partial charge in [0.1, 0.15) is 5.65 Å². The van der Waals surface area contributed by atoms with E-state index in [1.165, 1.54) is 16.2 Å². The first-order chi connectivity index (χ1) is 25.2. The number of benzene rings is 9. The molecule has 238 valence electrons. The van der Waals surface area contributed by atoms with Crippen LogP contribution in [0.1, 0.15) is 0 Å². The van der Waals surface area contributed by atoms with Gasteiger partial charge in [0.15, 0.2) is 7.14 Å². The Morgan fingerprint density at radius 2 is 1.08 bits per heavy atom. The highest BCUT2D eigenvalue weighted by atomic mass is 31.2. The van der Waals surface area contributed by atoms with E-state index in [0.717, 1.165) is 81.2 Å². The van der Waals surface area contributed by atoms with Crippen molar-refractivity contribution >= 4 is 105 Å². The van der Waals surface area contributed by atoms with Crippen LogP contribution in [0, 0.1) is 0 Å². The minimum Gasteiger partial charge on any atom is -0.309 e. The van der Waals surface area contributed by atoms with Crippen LogP contribution in [0.25, 0.3) is 81.4 Å². The molecule has 0 radical (unpaired) electrons. The van der Waals surface area contributed by atoms with Crippen LogP contribution in [0.2, 0.25) is 0 Å². The summed E-state index contributed by atoms with van der Waals surface area (Å²) < 4.78 is 18.6. The summed E-state index contributed by atoms with van der Waals surface area (Å²) in [5.74, 6) is 0. The van der Waals surface area contributed by atoms with Crippen molar-refractivity contribution < 1.29 is 4.57 Å². The predicted molar refractivity (Wildman–Crippen MR) is 217 cm³/mol. The summed E-state index contributed by atoms with van der Waals surface area (Å²) in [6.45, 7) is 0. The zero-order valence-electron chi connectivity index (χ0n) is 27.5. The average Bonchev–Trinajstić information content (AvgIpc) is 3.59. The average molecular weight is 669 g/mol. The molecule has 0 saturated heterocycles. The third-order valence-electron chi connectivity index (χ3n) is 10.8. The normalized spacial score (nSPS) is 13.3. The van der Waals surface area contributed by atoms with Crippen molar-refractivity contribution in [1.29, 1.82) is 0 Å². The summed E-state index contributed by atoms with van der Waals surface area (Å²) >= 11 is 0. The first-order valence-corrected chi connectivity index (χ1v) is 19.0. The maximum absolute atomic E-state index is 16.3. The maximum atomic E-state index is 16.3. The standard InChI is InChI=1S/C47H29N2OP/c50-51(34-14-2-1-3-15-34,35-25-23-32-22-21-30-11-4-6-16-36(30)39(32)28-35)45-20-10-13-33-27-41-38-26-24-31-12-5-7-17-37(31)46(38)47-48-42-18-8-9-19-43(42)49(47)44(41)29-40(33)45/h1-29H. The fourth-order valence-electron chi connectivity index (χ4n) is 8.40. The van der Waals surface area contributed by atoms with Crippen LogP contribution < -0.4 is 15.9 Å². The maximum Gasteiger partial charge on any atom is 0.171 e. The summed E-state index contributed by atoms with van der Waals surface area (Å²) in [5.41, 5.74) is 3.98. The fraction of sp³-hybridized carbons (Fsp3) is 0. The lowest BCUT2D eigenvalue weighted by Gasteiger charge is -2.23. The molecule has 0 amide bonds. The van der Waals surface area contributed by atoms with Crippen LogP contribution in [0.5, 0.6) is 0 Å². The Morgan fingerprint density at radius 3 is 1.94 bits per heavy atom. The zero-order valence-corrected chi connectivity index (χ0v) is 28.4. The third-order valence-corrected chi connectivity index (χ3v) is 13.9. The number of hydrogen-bond acceptors (Lipinski definition) is 2. The smallest absolute Gasteiger partial charge is 0.171 e. The molecule has 4 heteroatoms. The quantitative estimate of drug-likeness (QED) is 0.107. The molecule has 11 aromatic rings. The molecule has 0 saturated carbocycles. The Hall–Kier alpha value is -6.28. The summed E-state index contributed by atoms with van der Waals surface area (Å²) in [7, 11) is -3.38. The highest BCUT2D eigenvalue weighted by molar-refractivity contribution is 7.85. The molecule has 9 aromatic carbocycles. The van der Waals surface area contributed by atoms with Gasteiger partial charge in [-0.2, -0.15) is 0 Å². The highest BCUT2D eigenvalue weighted by Crippen LogP contribution is 2.46. The Labute approximate surface area is 293 Å². The minimum atomic E-state index is -3.38. The van der Waals surface area contributed by atoms with Gasteiger partial charge in [0.2, 0.25) is 0 Å². The first kappa shape index (κ1) is 28.5. The van der Waals surface area contributed by atoms with E-state index in [0.29, 0.717) is 0 Å². The second-order valence-electron chi connectivity index (χ2n) is 13.5. The highest BCUT2D eigenvalue weighted by Gasteiger charge is 2.32. The predicted octanol–water partition coefficient (Wildman–Crippen LogP) is 11.0. The van der Waals surface area contributed by atoms with Crippen molar-refractivity contribution in [1.82, 2.24) is 9.38 Å². The van der Waals surface area contributed by atoms with Crippen LogP contribution >= 0.6 is 7.14 Å². The van der Waals surface area contributed by atoms with Crippen molar-refractivity contribution in [2.45, 2.75) is 0 Å². The van der Waals surface area contributed by atoms with Gasteiger partial charge in [0.25, 0.3) is 0 Å². The summed E-state index contributed by atoms with van der Waals surface area (Å²) in [5, 5.41) is 14.9. The minimum absolute atomic E-state index is 0.820. The molecule has 1 atom stereocenters. The number of pyridine rings is 1. The lowest BCUT2D eigenvalue weighted by Crippen LogP contribution is -2.25. The SMILES string of the molecule is O=P(c1ccccc1)(c1ccc2ccc3ccccc3c2c1)c1cccc2cc3c4ccc5ccccc5c4c4nc5ccccc5n4c3cc12. The fourth-order valence-corrected chi connectivity index (χ4v) is 11.3. The third kappa shape index (κ3) is 4.01. The van der Waals surface area contributed by atoms with Crippen molar-refractivity contribution in [2.24, 2.45) is 0 Å². The Balaban J connectivity index is 1.29. The van der Waals surface area contributed by atoms with Gasteiger partial charge in [-0.3, -0.25) is 4.40 Å². The van der Waals surface area contributed by atoms with Crippen LogP contribution in [0.3, 0.4) is 0 Å². The molecule has 11 rings (SSSR count). The summed E-state index contributed by atoms with van der Waals surface area (Å²) in [4.78, 5) is 5.25. The molecule has 0 aliphatic rings. The van der Waals surface area contributed by atoms with E-state index in [4.69, 9.17) is 4.98 Å². The summed E-state index contributed by atoms with van der Waals surface area (Å²) in [6.07, 6.45) is 0. The molecule has 0 fully saturated rings. The molecule has 0 N–H and O–H groups in total. The van der Waals surface area contributed by atoms with Crippen molar-refractivity contribution in [2.75, 3.05) is 0 Å². The molecule has 0 aliphatic heterocycles. The van der Waals surface area contributed by atoms with Gasteiger partial charge in [0, 0.05) is 26.7 Å². The lowest BCUT2D eigenvalue weighted by atomic mass is 9.97. The Bertz CT molecular complexity index is 3290. The second-order valence-corrected chi connectivity index (χ2v) is 16.2. The van der Waals surface area contributed by atoms with Gasteiger partial charge >= 0.3 is 0 Å². The topological polar surface area (TPSA) is 34.4 Å². The number of para-hydroxylation sites is 2. The van der Waals surface area contributed by atoms with E-state index in [2.05, 4.69) is 144 Å². The zero-order chi connectivity index (χ0) is 33.7. The molecule has 3 nitrogen and oxygen atoms in total. The van der Waals surface area contributed by atoms with Crippen LogP contribution in [0.15, 0.2) is 176 Å². The van der Waals surface area contributed by atoms with Gasteiger partial charge in [-0.05, 0) is 78.8 Å². The largest absolute Gasteiger partial charge is 0.309 e. The van der Waals surface area contributed by atoms with Gasteiger partial charge in [-0.15, -0.1) is 0 Å². The van der Waals surface area contributed by atoms with E-state index < -0.39 is 7.14 Å². The van der Waals surface area contributed by atoms with Crippen LogP contribution in [-0.4, -0.2) is 9.38 Å². The first-order valence-electron chi connectivity index (χ1n) is 17.3. The molecule has 51 heavy (non-hydrogen) atoms. The second kappa shape index (κ2) is 10.6. The van der Waals surface area contributed by atoms with Crippen molar-refractivity contribution in [3.63, 3.8) is 0 Å². The van der Waals surface area contributed by atoms with Crippen molar-refractivity contribution in [3.05, 3.63) is 176 Å². The molecule has 2 aromatic heterocycles. The number of imidazole rings is 1. The molecular formula is C47H29N2OP. The number of aromatic nitrogens is 2. The molecule has 1 unspecified atom stereocenters. The number of hydrogen-bond donors (Lipinski definition) is 0. The van der Waals surface area contributed by atoms with E-state index in [1.54, 1.807) is 0 Å². The van der Waals surface area contributed by atoms with E-state index in [9.17, 15) is 0 Å². The van der Waals surface area contributed by atoms with Crippen molar-refractivity contribution in [3.8, 4) is 0 Å². The van der Waals surface area contributed by atoms with E-state index in [-0.39, 0.29) is 0 Å². The molecule has 2 heterocycles. The monoisotopic (exact) mass is 668 g/mol. The van der Waals surface area contributed by atoms with Crippen LogP contribution in [0.4, 0.5) is 0 Å². The Morgan fingerprint density at radius 1 is 0.412 bits per heavy atom. The number of rotatable bonds is 3.